The summed E-state index contributed by atoms with van der Waals surface area (Å²) in [5.74, 6) is 1.01. The lowest BCUT2D eigenvalue weighted by molar-refractivity contribution is 0.357. The molecule has 1 aliphatic rings. The van der Waals surface area contributed by atoms with Crippen LogP contribution in [0.15, 0.2) is 18.2 Å². The molecule has 1 aromatic heterocycles. The predicted molar refractivity (Wildman–Crippen MR) is 81.3 cm³/mol. The average Bonchev–Trinajstić information content (AvgIpc) is 3.12. The molecule has 2 aromatic rings. The average molecular weight is 289 g/mol. The van der Waals surface area contributed by atoms with Crippen LogP contribution in [0.4, 0.5) is 0 Å². The van der Waals surface area contributed by atoms with Crippen LogP contribution in [-0.2, 0) is 6.42 Å². The van der Waals surface area contributed by atoms with Gasteiger partial charge in [0.2, 0.25) is 0 Å². The van der Waals surface area contributed by atoms with Gasteiger partial charge in [0.1, 0.15) is 15.8 Å². The largest absolute Gasteiger partial charge is 0.493 e. The fraction of sp³-hybridized carbons (Fsp3) is 0.467. The highest BCUT2D eigenvalue weighted by Crippen LogP contribution is 2.33. The number of aromatic nitrogens is 2. The molecule has 1 aliphatic heterocycles. The van der Waals surface area contributed by atoms with Gasteiger partial charge in [0, 0.05) is 12.0 Å². The fourth-order valence-electron chi connectivity index (χ4n) is 2.46. The molecule has 0 spiro atoms. The maximum absolute atomic E-state index is 5.54. The molecule has 1 atom stereocenters. The highest BCUT2D eigenvalue weighted by Gasteiger charge is 2.17. The Balaban J connectivity index is 1.86. The lowest BCUT2D eigenvalue weighted by atomic mass is 10.1. The highest BCUT2D eigenvalue weighted by molar-refractivity contribution is 7.14. The first-order chi connectivity index (χ1) is 9.81. The van der Waals surface area contributed by atoms with Gasteiger partial charge >= 0.3 is 0 Å². The van der Waals surface area contributed by atoms with E-state index in [1.165, 1.54) is 5.56 Å². The van der Waals surface area contributed by atoms with E-state index < -0.39 is 0 Å². The van der Waals surface area contributed by atoms with Gasteiger partial charge in [-0.1, -0.05) is 25.2 Å². The lowest BCUT2D eigenvalue weighted by Gasteiger charge is -2.10. The number of fused-ring (bicyclic) bond motifs is 1. The van der Waals surface area contributed by atoms with Crippen molar-refractivity contribution in [2.24, 2.45) is 0 Å². The van der Waals surface area contributed by atoms with Gasteiger partial charge < -0.3 is 10.1 Å². The molecule has 4 nitrogen and oxygen atoms in total. The number of hydrogen-bond donors (Lipinski definition) is 1. The molecule has 1 unspecified atom stereocenters. The van der Waals surface area contributed by atoms with E-state index in [0.717, 1.165) is 47.3 Å². The van der Waals surface area contributed by atoms with E-state index in [0.29, 0.717) is 6.04 Å². The van der Waals surface area contributed by atoms with Crippen molar-refractivity contribution >= 4 is 11.3 Å². The summed E-state index contributed by atoms with van der Waals surface area (Å²) in [4.78, 5) is 0. The molecule has 1 aromatic carbocycles. The summed E-state index contributed by atoms with van der Waals surface area (Å²) in [7, 11) is 0. The van der Waals surface area contributed by atoms with Gasteiger partial charge in [-0.05, 0) is 36.7 Å². The molecule has 5 heteroatoms. The summed E-state index contributed by atoms with van der Waals surface area (Å²) in [5, 5.41) is 14.2. The molecule has 0 aliphatic carbocycles. The number of hydrogen-bond acceptors (Lipinski definition) is 5. The highest BCUT2D eigenvalue weighted by atomic mass is 32.1. The topological polar surface area (TPSA) is 47.0 Å². The van der Waals surface area contributed by atoms with Gasteiger partial charge in [-0.15, -0.1) is 10.2 Å². The summed E-state index contributed by atoms with van der Waals surface area (Å²) < 4.78 is 5.54. The zero-order valence-electron chi connectivity index (χ0n) is 11.8. The number of nitrogens with zero attached hydrogens (tertiary/aromatic N) is 2. The molecule has 0 amide bonds. The third kappa shape index (κ3) is 2.55. The second-order valence-corrected chi connectivity index (χ2v) is 5.89. The first kappa shape index (κ1) is 13.5. The Labute approximate surface area is 123 Å². The normalized spacial score (nSPS) is 14.9. The first-order valence-electron chi connectivity index (χ1n) is 7.14. The van der Waals surface area contributed by atoms with Crippen molar-refractivity contribution < 1.29 is 4.74 Å². The van der Waals surface area contributed by atoms with Crippen LogP contribution in [0.25, 0.3) is 10.6 Å². The van der Waals surface area contributed by atoms with Crippen molar-refractivity contribution in [2.75, 3.05) is 13.2 Å². The Morgan fingerprint density at radius 1 is 1.35 bits per heavy atom. The Morgan fingerprint density at radius 3 is 3.05 bits per heavy atom. The molecule has 106 valence electrons. The van der Waals surface area contributed by atoms with Crippen molar-refractivity contribution in [1.82, 2.24) is 15.5 Å². The van der Waals surface area contributed by atoms with Crippen LogP contribution in [0, 0.1) is 0 Å². The van der Waals surface area contributed by atoms with Gasteiger partial charge in [-0.2, -0.15) is 0 Å². The molecule has 20 heavy (non-hydrogen) atoms. The zero-order valence-corrected chi connectivity index (χ0v) is 12.7. The lowest BCUT2D eigenvalue weighted by Crippen LogP contribution is -2.19. The van der Waals surface area contributed by atoms with Crippen LogP contribution < -0.4 is 10.1 Å². The molecular weight excluding hydrogens is 270 g/mol. The fourth-order valence-corrected chi connectivity index (χ4v) is 3.46. The van der Waals surface area contributed by atoms with Crippen LogP contribution in [0.1, 0.15) is 36.9 Å². The second kappa shape index (κ2) is 5.89. The van der Waals surface area contributed by atoms with Crippen molar-refractivity contribution in [3.05, 3.63) is 28.8 Å². The molecule has 0 fully saturated rings. The summed E-state index contributed by atoms with van der Waals surface area (Å²) in [5.41, 5.74) is 2.42. The molecule has 0 radical (unpaired) electrons. The van der Waals surface area contributed by atoms with Crippen molar-refractivity contribution in [2.45, 2.75) is 32.7 Å². The van der Waals surface area contributed by atoms with E-state index in [9.17, 15) is 0 Å². The number of benzene rings is 1. The van der Waals surface area contributed by atoms with Crippen LogP contribution in [0.5, 0.6) is 5.75 Å². The second-order valence-electron chi connectivity index (χ2n) is 4.88. The van der Waals surface area contributed by atoms with Gasteiger partial charge in [0.25, 0.3) is 0 Å². The van der Waals surface area contributed by atoms with E-state index in [1.54, 1.807) is 11.3 Å². The molecular formula is C15H19N3OS. The van der Waals surface area contributed by atoms with Crippen molar-refractivity contribution in [3.8, 4) is 16.3 Å². The third-order valence-electron chi connectivity index (χ3n) is 3.53. The van der Waals surface area contributed by atoms with E-state index >= 15 is 0 Å². The first-order valence-corrected chi connectivity index (χ1v) is 7.96. The Kier molecular flexibility index (Phi) is 3.98. The number of nitrogens with one attached hydrogen (secondary N) is 1. The Bertz CT molecular complexity index is 597. The van der Waals surface area contributed by atoms with Crippen molar-refractivity contribution in [3.63, 3.8) is 0 Å². The van der Waals surface area contributed by atoms with E-state index in [1.807, 2.05) is 6.07 Å². The molecule has 0 bridgehead atoms. The summed E-state index contributed by atoms with van der Waals surface area (Å²) in [6.45, 7) is 6.02. The van der Waals surface area contributed by atoms with Gasteiger partial charge in [0.05, 0.1) is 12.6 Å². The van der Waals surface area contributed by atoms with Gasteiger partial charge in [-0.3, -0.25) is 0 Å². The van der Waals surface area contributed by atoms with Gasteiger partial charge in [-0.25, -0.2) is 0 Å². The molecule has 1 N–H and O–H groups in total. The molecule has 0 saturated carbocycles. The maximum Gasteiger partial charge on any atom is 0.147 e. The molecule has 0 saturated heterocycles. The minimum absolute atomic E-state index is 0.309. The summed E-state index contributed by atoms with van der Waals surface area (Å²) in [6.07, 6.45) is 2.02. The smallest absolute Gasteiger partial charge is 0.147 e. The number of ether oxygens (including phenoxy) is 1. The predicted octanol–water partition coefficient (Wildman–Crippen LogP) is 3.20. The summed E-state index contributed by atoms with van der Waals surface area (Å²) in [6, 6.07) is 6.60. The van der Waals surface area contributed by atoms with Crippen molar-refractivity contribution in [1.29, 1.82) is 0 Å². The maximum atomic E-state index is 5.54. The standard InChI is InChI=1S/C15H19N3OS/c1-3-12(16-4-2)15-18-17-14(20-15)11-5-6-13-10(9-11)7-8-19-13/h5-6,9,12,16H,3-4,7-8H2,1-2H3. The minimum Gasteiger partial charge on any atom is -0.493 e. The Hall–Kier alpha value is -1.46. The van der Waals surface area contributed by atoms with E-state index in [2.05, 4.69) is 41.5 Å². The SMILES string of the molecule is CCNC(CC)c1nnc(-c2ccc3c(c2)CCO3)s1. The monoisotopic (exact) mass is 289 g/mol. The Morgan fingerprint density at radius 2 is 2.25 bits per heavy atom. The third-order valence-corrected chi connectivity index (χ3v) is 4.62. The van der Waals surface area contributed by atoms with Crippen LogP contribution in [-0.4, -0.2) is 23.3 Å². The number of rotatable bonds is 5. The quantitative estimate of drug-likeness (QED) is 0.918. The minimum atomic E-state index is 0.309. The summed E-state index contributed by atoms with van der Waals surface area (Å²) >= 11 is 1.68. The van der Waals surface area contributed by atoms with Crippen LogP contribution >= 0.6 is 11.3 Å². The van der Waals surface area contributed by atoms with E-state index in [-0.39, 0.29) is 0 Å². The van der Waals surface area contributed by atoms with Gasteiger partial charge in [0.15, 0.2) is 0 Å². The van der Waals surface area contributed by atoms with E-state index in [4.69, 9.17) is 4.74 Å². The van der Waals surface area contributed by atoms with Crippen LogP contribution in [0.3, 0.4) is 0 Å². The van der Waals surface area contributed by atoms with Crippen LogP contribution in [0.2, 0.25) is 0 Å². The zero-order chi connectivity index (χ0) is 13.9. The molecule has 2 heterocycles. The molecule has 3 rings (SSSR count).